The third kappa shape index (κ3) is 5.38. The number of nitrogens with zero attached hydrogens (tertiary/aromatic N) is 6. The van der Waals surface area contributed by atoms with Gasteiger partial charge in [-0.2, -0.15) is 23.4 Å². The molecule has 0 saturated carbocycles. The van der Waals surface area contributed by atoms with Gasteiger partial charge in [0.15, 0.2) is 0 Å². The number of nitriles is 1. The Bertz CT molecular complexity index is 1080. The molecule has 180 valence electrons. The molecule has 34 heavy (non-hydrogen) atoms. The lowest BCUT2D eigenvalue weighted by atomic mass is 9.93. The minimum Gasteiger partial charge on any atom is -0.354 e. The predicted molar refractivity (Wildman–Crippen MR) is 119 cm³/mol. The predicted octanol–water partition coefficient (Wildman–Crippen LogP) is 4.24. The highest BCUT2D eigenvalue weighted by Gasteiger charge is 2.31. The molecule has 1 atom stereocenters. The number of rotatable bonds is 5. The van der Waals surface area contributed by atoms with Gasteiger partial charge in [0.1, 0.15) is 18.1 Å². The van der Waals surface area contributed by atoms with E-state index in [0.29, 0.717) is 32.0 Å². The first kappa shape index (κ1) is 23.7. The van der Waals surface area contributed by atoms with Crippen molar-refractivity contribution in [2.45, 2.75) is 57.2 Å². The number of likely N-dealkylation sites (tertiary alicyclic amines) is 1. The topological polar surface area (TPSA) is 98.0 Å². The number of hydrogen-bond donors (Lipinski definition) is 1. The van der Waals surface area contributed by atoms with Gasteiger partial charge < -0.3 is 15.1 Å². The van der Waals surface area contributed by atoms with Gasteiger partial charge in [-0.15, -0.1) is 0 Å². The fraction of sp³-hybridized carbons (Fsp3) is 0.522. The summed E-state index contributed by atoms with van der Waals surface area (Å²) in [5.41, 5.74) is -0.0186. The van der Waals surface area contributed by atoms with Crippen molar-refractivity contribution in [3.05, 3.63) is 35.7 Å². The highest BCUT2D eigenvalue weighted by molar-refractivity contribution is 5.78. The van der Waals surface area contributed by atoms with Gasteiger partial charge in [0, 0.05) is 43.9 Å². The summed E-state index contributed by atoms with van der Waals surface area (Å²) in [6.07, 6.45) is -0.0573. The minimum absolute atomic E-state index is 0.0179. The zero-order chi connectivity index (χ0) is 24.3. The fourth-order valence-corrected chi connectivity index (χ4v) is 4.53. The highest BCUT2D eigenvalue weighted by Crippen LogP contribution is 2.33. The molecule has 2 aliphatic rings. The molecule has 1 amide bonds. The summed E-state index contributed by atoms with van der Waals surface area (Å²) < 4.78 is 39.4. The van der Waals surface area contributed by atoms with E-state index in [4.69, 9.17) is 5.26 Å². The Morgan fingerprint density at radius 2 is 1.97 bits per heavy atom. The zero-order valence-electron chi connectivity index (χ0n) is 18.8. The number of halogens is 3. The minimum atomic E-state index is -4.48. The summed E-state index contributed by atoms with van der Waals surface area (Å²) >= 11 is 0. The number of carbonyl (C=O) groups excluding carboxylic acids is 1. The second-order valence-corrected chi connectivity index (χ2v) is 8.70. The third-order valence-electron chi connectivity index (χ3n) is 6.40. The van der Waals surface area contributed by atoms with Crippen LogP contribution in [0, 0.1) is 11.3 Å². The Kier molecular flexibility index (Phi) is 6.86. The van der Waals surface area contributed by atoms with Crippen LogP contribution < -0.4 is 10.2 Å². The van der Waals surface area contributed by atoms with Gasteiger partial charge in [0.05, 0.1) is 17.3 Å². The normalized spacial score (nSPS) is 19.2. The maximum atomic E-state index is 13.1. The van der Waals surface area contributed by atoms with Crippen molar-refractivity contribution in [3.8, 4) is 6.07 Å². The summed E-state index contributed by atoms with van der Waals surface area (Å²) in [5, 5.41) is 11.6. The summed E-state index contributed by atoms with van der Waals surface area (Å²) in [6.45, 7) is 4.03. The SMILES string of the molecule is CC1CCCN1c1cc(C2CCN(C(=O)CC#N)CC2)nc(Nc2cc(C(F)(F)F)ccn2)n1. The van der Waals surface area contributed by atoms with Crippen molar-refractivity contribution in [1.29, 1.82) is 5.26 Å². The molecule has 2 aliphatic heterocycles. The molecule has 1 N–H and O–H groups in total. The lowest BCUT2D eigenvalue weighted by Crippen LogP contribution is -2.37. The van der Waals surface area contributed by atoms with E-state index in [1.807, 2.05) is 12.1 Å². The van der Waals surface area contributed by atoms with E-state index in [9.17, 15) is 18.0 Å². The van der Waals surface area contributed by atoms with Gasteiger partial charge in [-0.1, -0.05) is 0 Å². The lowest BCUT2D eigenvalue weighted by Gasteiger charge is -2.32. The quantitative estimate of drug-likeness (QED) is 0.694. The van der Waals surface area contributed by atoms with Gasteiger partial charge in [0.2, 0.25) is 11.9 Å². The van der Waals surface area contributed by atoms with Crippen LogP contribution in [0.3, 0.4) is 0 Å². The Morgan fingerprint density at radius 1 is 1.21 bits per heavy atom. The number of alkyl halides is 3. The second-order valence-electron chi connectivity index (χ2n) is 8.70. The zero-order valence-corrected chi connectivity index (χ0v) is 18.8. The first-order chi connectivity index (χ1) is 16.2. The summed E-state index contributed by atoms with van der Waals surface area (Å²) in [7, 11) is 0. The molecule has 11 heteroatoms. The number of piperidine rings is 1. The number of pyridine rings is 1. The molecule has 2 saturated heterocycles. The van der Waals surface area contributed by atoms with Crippen LogP contribution in [0.1, 0.15) is 56.2 Å². The van der Waals surface area contributed by atoms with E-state index >= 15 is 0 Å². The molecule has 4 rings (SSSR count). The van der Waals surface area contributed by atoms with Crippen LogP contribution in [0.15, 0.2) is 24.4 Å². The van der Waals surface area contributed by atoms with Crippen molar-refractivity contribution >= 4 is 23.5 Å². The molecule has 2 aromatic rings. The number of nitrogens with one attached hydrogen (secondary N) is 1. The standard InChI is InChI=1S/C23H26F3N7O/c1-15-3-2-10-33(15)20-14-18(16-6-11-32(12-7-16)21(34)4-8-27)29-22(31-20)30-19-13-17(5-9-28-19)23(24,25)26/h5,9,13-16H,2-4,6-7,10-12H2,1H3,(H,28,29,30,31). The molecule has 4 heterocycles. The maximum absolute atomic E-state index is 13.1. The van der Waals surface area contributed by atoms with Gasteiger partial charge in [-0.05, 0) is 44.7 Å². The van der Waals surface area contributed by atoms with Gasteiger partial charge >= 0.3 is 6.18 Å². The van der Waals surface area contributed by atoms with Crippen molar-refractivity contribution in [2.24, 2.45) is 0 Å². The lowest BCUT2D eigenvalue weighted by molar-refractivity contribution is -0.137. The molecule has 0 bridgehead atoms. The summed E-state index contributed by atoms with van der Waals surface area (Å²) in [6, 6.07) is 6.00. The van der Waals surface area contributed by atoms with Gasteiger partial charge in [0.25, 0.3) is 0 Å². The van der Waals surface area contributed by atoms with E-state index in [2.05, 4.69) is 32.1 Å². The molecule has 0 aromatic carbocycles. The monoisotopic (exact) mass is 473 g/mol. The third-order valence-corrected chi connectivity index (χ3v) is 6.40. The Morgan fingerprint density at radius 3 is 2.62 bits per heavy atom. The Hall–Kier alpha value is -3.42. The molecular formula is C23H26F3N7O. The first-order valence-corrected chi connectivity index (χ1v) is 11.3. The van der Waals surface area contributed by atoms with E-state index in [1.165, 1.54) is 0 Å². The first-order valence-electron chi connectivity index (χ1n) is 11.3. The van der Waals surface area contributed by atoms with Crippen molar-refractivity contribution < 1.29 is 18.0 Å². The van der Waals surface area contributed by atoms with Gasteiger partial charge in [-0.25, -0.2) is 9.97 Å². The molecule has 2 fully saturated rings. The molecule has 1 unspecified atom stereocenters. The molecule has 0 aliphatic carbocycles. The van der Waals surface area contributed by atoms with Crippen molar-refractivity contribution in [2.75, 3.05) is 29.9 Å². The van der Waals surface area contributed by atoms with E-state index in [-0.39, 0.29) is 30.0 Å². The number of carbonyl (C=O) groups is 1. The Labute approximate surface area is 195 Å². The van der Waals surface area contributed by atoms with Crippen LogP contribution in [0.2, 0.25) is 0 Å². The van der Waals surface area contributed by atoms with E-state index in [0.717, 1.165) is 49.2 Å². The largest absolute Gasteiger partial charge is 0.416 e. The van der Waals surface area contributed by atoms with E-state index < -0.39 is 11.7 Å². The van der Waals surface area contributed by atoms with Crippen LogP contribution >= 0.6 is 0 Å². The van der Waals surface area contributed by atoms with Crippen LogP contribution in [0.5, 0.6) is 0 Å². The molecule has 0 spiro atoms. The van der Waals surface area contributed by atoms with Crippen molar-refractivity contribution in [3.63, 3.8) is 0 Å². The maximum Gasteiger partial charge on any atom is 0.416 e. The number of aromatic nitrogens is 3. The van der Waals surface area contributed by atoms with Gasteiger partial charge in [-0.3, -0.25) is 4.79 Å². The molecule has 0 radical (unpaired) electrons. The smallest absolute Gasteiger partial charge is 0.354 e. The van der Waals surface area contributed by atoms with E-state index in [1.54, 1.807) is 4.90 Å². The average Bonchev–Trinajstić information content (AvgIpc) is 3.25. The molecule has 8 nitrogen and oxygen atoms in total. The molecular weight excluding hydrogens is 447 g/mol. The van der Waals surface area contributed by atoms with Crippen LogP contribution in [0.4, 0.5) is 30.8 Å². The number of anilines is 3. The van der Waals surface area contributed by atoms with Crippen LogP contribution in [0.25, 0.3) is 0 Å². The fourth-order valence-electron chi connectivity index (χ4n) is 4.53. The summed E-state index contributed by atoms with van der Waals surface area (Å²) in [4.78, 5) is 29.1. The van der Waals surface area contributed by atoms with Crippen LogP contribution in [-0.2, 0) is 11.0 Å². The summed E-state index contributed by atoms with van der Waals surface area (Å²) in [5.74, 6) is 0.840. The Balaban J connectivity index is 1.60. The number of amides is 1. The molecule has 2 aromatic heterocycles. The number of hydrogen-bond acceptors (Lipinski definition) is 7. The average molecular weight is 474 g/mol. The van der Waals surface area contributed by atoms with Crippen LogP contribution in [-0.4, -0.2) is 51.4 Å². The second kappa shape index (κ2) is 9.83. The van der Waals surface area contributed by atoms with Crippen molar-refractivity contribution in [1.82, 2.24) is 19.9 Å². The highest BCUT2D eigenvalue weighted by atomic mass is 19.4.